The number of hydrogen-bond acceptors (Lipinski definition) is 5. The smallest absolute Gasteiger partial charge is 0.354 e. The lowest BCUT2D eigenvalue weighted by atomic mass is 10.0. The quantitative estimate of drug-likeness (QED) is 0.756. The van der Waals surface area contributed by atoms with E-state index in [-0.39, 0.29) is 12.0 Å². The molecule has 0 radical (unpaired) electrons. The lowest BCUT2D eigenvalue weighted by molar-refractivity contribution is -0.132. The first kappa shape index (κ1) is 15.4. The summed E-state index contributed by atoms with van der Waals surface area (Å²) in [7, 11) is 3.03. The molecule has 2 rings (SSSR count). The number of unbranched alkanes of at least 4 members (excludes halogenated alkanes) is 1. The third-order valence-electron chi connectivity index (χ3n) is 3.65. The molecular formula is C16H22N2O3. The molecule has 0 saturated heterocycles. The fourth-order valence-corrected chi connectivity index (χ4v) is 2.47. The van der Waals surface area contributed by atoms with Gasteiger partial charge < -0.3 is 9.47 Å². The maximum atomic E-state index is 11.7. The largest absolute Gasteiger partial charge is 0.497 e. The minimum Gasteiger partial charge on any atom is -0.497 e. The number of benzene rings is 1. The fourth-order valence-electron chi connectivity index (χ4n) is 2.47. The van der Waals surface area contributed by atoms with Crippen LogP contribution in [-0.2, 0) is 9.53 Å². The highest BCUT2D eigenvalue weighted by atomic mass is 16.5. The van der Waals surface area contributed by atoms with Gasteiger partial charge in [-0.1, -0.05) is 19.8 Å². The van der Waals surface area contributed by atoms with Crippen molar-refractivity contribution in [1.82, 2.24) is 0 Å². The highest BCUT2D eigenvalue weighted by Crippen LogP contribution is 2.29. The zero-order valence-corrected chi connectivity index (χ0v) is 12.8. The van der Waals surface area contributed by atoms with Gasteiger partial charge in [0, 0.05) is 6.42 Å². The minimum absolute atomic E-state index is 0.215. The Balaban J connectivity index is 2.21. The van der Waals surface area contributed by atoms with Crippen LogP contribution in [0.1, 0.15) is 32.6 Å². The maximum Gasteiger partial charge on any atom is 0.354 e. The summed E-state index contributed by atoms with van der Waals surface area (Å²) in [5, 5.41) is 6.39. The number of carbonyl (C=O) groups excluding carboxylic acids is 1. The molecule has 1 unspecified atom stereocenters. The molecular weight excluding hydrogens is 268 g/mol. The first-order chi connectivity index (χ1) is 10.2. The van der Waals surface area contributed by atoms with Crippen molar-refractivity contribution in [3.63, 3.8) is 0 Å². The lowest BCUT2D eigenvalue weighted by Crippen LogP contribution is -2.26. The van der Waals surface area contributed by atoms with Crippen molar-refractivity contribution in [2.75, 3.05) is 19.2 Å². The molecule has 1 atom stereocenters. The minimum atomic E-state index is -0.340. The monoisotopic (exact) mass is 290 g/mol. The van der Waals surface area contributed by atoms with Crippen LogP contribution in [0.4, 0.5) is 5.69 Å². The van der Waals surface area contributed by atoms with Gasteiger partial charge in [0.05, 0.1) is 25.9 Å². The van der Waals surface area contributed by atoms with Crippen LogP contribution in [0.25, 0.3) is 0 Å². The van der Waals surface area contributed by atoms with Crippen LogP contribution >= 0.6 is 0 Å². The molecule has 1 aromatic carbocycles. The second kappa shape index (κ2) is 7.11. The van der Waals surface area contributed by atoms with Crippen molar-refractivity contribution in [1.29, 1.82) is 0 Å². The molecule has 0 bridgehead atoms. The van der Waals surface area contributed by atoms with E-state index in [1.165, 1.54) is 7.11 Å². The Morgan fingerprint density at radius 2 is 2.05 bits per heavy atom. The van der Waals surface area contributed by atoms with Crippen LogP contribution in [0, 0.1) is 0 Å². The topological polar surface area (TPSA) is 51.1 Å². The first-order valence-electron chi connectivity index (χ1n) is 7.28. The molecule has 1 heterocycles. The summed E-state index contributed by atoms with van der Waals surface area (Å²) in [5.41, 5.74) is 1.46. The Morgan fingerprint density at radius 3 is 2.62 bits per heavy atom. The van der Waals surface area contributed by atoms with E-state index in [1.54, 1.807) is 7.11 Å². The molecule has 0 aliphatic carbocycles. The number of carbonyl (C=O) groups is 1. The second-order valence-electron chi connectivity index (χ2n) is 5.08. The molecule has 0 saturated carbocycles. The third kappa shape index (κ3) is 3.54. The van der Waals surface area contributed by atoms with E-state index < -0.39 is 0 Å². The van der Waals surface area contributed by atoms with Crippen LogP contribution < -0.4 is 9.75 Å². The number of ether oxygens (including phenoxy) is 2. The van der Waals surface area contributed by atoms with Gasteiger partial charge in [-0.15, -0.1) is 0 Å². The molecule has 1 aliphatic heterocycles. The van der Waals surface area contributed by atoms with Crippen LogP contribution in [0.3, 0.4) is 0 Å². The molecule has 0 N–H and O–H groups in total. The van der Waals surface area contributed by atoms with Gasteiger partial charge in [0.1, 0.15) is 11.5 Å². The fraction of sp³-hybridized carbons (Fsp3) is 0.500. The Bertz CT molecular complexity index is 511. The van der Waals surface area contributed by atoms with Crippen LogP contribution in [0.15, 0.2) is 29.4 Å². The normalized spacial score (nSPS) is 17.6. The molecule has 114 valence electrons. The summed E-state index contributed by atoms with van der Waals surface area (Å²) in [6.45, 7) is 2.16. The van der Waals surface area contributed by atoms with Gasteiger partial charge in [-0.25, -0.2) is 4.79 Å². The first-order valence-corrected chi connectivity index (χ1v) is 7.28. The Hall–Kier alpha value is -2.04. The van der Waals surface area contributed by atoms with E-state index in [2.05, 4.69) is 12.0 Å². The van der Waals surface area contributed by atoms with Crippen molar-refractivity contribution in [2.45, 2.75) is 38.6 Å². The molecule has 0 aromatic heterocycles. The van der Waals surface area contributed by atoms with Gasteiger partial charge in [0.2, 0.25) is 0 Å². The highest BCUT2D eigenvalue weighted by Gasteiger charge is 2.31. The number of methoxy groups -OCH3 is 2. The molecule has 0 amide bonds. The Kier molecular flexibility index (Phi) is 5.20. The van der Waals surface area contributed by atoms with Gasteiger partial charge in [-0.05, 0) is 30.7 Å². The van der Waals surface area contributed by atoms with Gasteiger partial charge in [0.25, 0.3) is 0 Å². The van der Waals surface area contributed by atoms with E-state index in [1.807, 2.05) is 29.3 Å². The van der Waals surface area contributed by atoms with Gasteiger partial charge in [0.15, 0.2) is 0 Å². The summed E-state index contributed by atoms with van der Waals surface area (Å²) < 4.78 is 9.96. The average molecular weight is 290 g/mol. The number of esters is 1. The Labute approximate surface area is 125 Å². The van der Waals surface area contributed by atoms with Crippen LogP contribution in [0.2, 0.25) is 0 Å². The Morgan fingerprint density at radius 1 is 1.33 bits per heavy atom. The van der Waals surface area contributed by atoms with E-state index in [0.29, 0.717) is 12.1 Å². The molecule has 1 aliphatic rings. The number of hydrogen-bond donors (Lipinski definition) is 0. The van der Waals surface area contributed by atoms with E-state index in [0.717, 1.165) is 30.7 Å². The van der Waals surface area contributed by atoms with Crippen molar-refractivity contribution in [2.24, 2.45) is 5.10 Å². The molecule has 5 heteroatoms. The number of rotatable bonds is 6. The van der Waals surface area contributed by atoms with Gasteiger partial charge >= 0.3 is 5.97 Å². The summed E-state index contributed by atoms with van der Waals surface area (Å²) >= 11 is 0. The van der Waals surface area contributed by atoms with Crippen LogP contribution in [0.5, 0.6) is 5.75 Å². The van der Waals surface area contributed by atoms with Crippen molar-refractivity contribution >= 4 is 17.4 Å². The summed E-state index contributed by atoms with van der Waals surface area (Å²) in [6.07, 6.45) is 3.88. The van der Waals surface area contributed by atoms with E-state index in [9.17, 15) is 4.79 Å². The molecule has 21 heavy (non-hydrogen) atoms. The summed E-state index contributed by atoms with van der Waals surface area (Å²) in [4.78, 5) is 11.7. The zero-order valence-electron chi connectivity index (χ0n) is 12.8. The highest BCUT2D eigenvalue weighted by molar-refractivity contribution is 6.37. The standard InChI is InChI=1S/C16H22N2O3/c1-4-5-6-13-11-15(16(19)21-3)17-18(13)12-7-9-14(20-2)10-8-12/h7-10,13H,4-6,11H2,1-3H3. The zero-order chi connectivity index (χ0) is 15.2. The van der Waals surface area contributed by atoms with Crippen molar-refractivity contribution < 1.29 is 14.3 Å². The number of hydrazone groups is 1. The molecule has 0 spiro atoms. The SMILES string of the molecule is CCCCC1CC(C(=O)OC)=NN1c1ccc(OC)cc1. The average Bonchev–Trinajstić information content (AvgIpc) is 2.96. The molecule has 5 nitrogen and oxygen atoms in total. The number of anilines is 1. The molecule has 0 fully saturated rings. The maximum absolute atomic E-state index is 11.7. The van der Waals surface area contributed by atoms with E-state index >= 15 is 0 Å². The third-order valence-corrected chi connectivity index (χ3v) is 3.65. The van der Waals surface area contributed by atoms with E-state index in [4.69, 9.17) is 9.47 Å². The van der Waals surface area contributed by atoms with Crippen molar-refractivity contribution in [3.05, 3.63) is 24.3 Å². The second-order valence-corrected chi connectivity index (χ2v) is 5.08. The van der Waals surface area contributed by atoms with Crippen LogP contribution in [-0.4, -0.2) is 31.9 Å². The summed E-state index contributed by atoms with van der Waals surface area (Å²) in [5.74, 6) is 0.465. The van der Waals surface area contributed by atoms with Gasteiger partial charge in [-0.3, -0.25) is 5.01 Å². The summed E-state index contributed by atoms with van der Waals surface area (Å²) in [6, 6.07) is 7.94. The van der Waals surface area contributed by atoms with Gasteiger partial charge in [-0.2, -0.15) is 5.10 Å². The number of nitrogens with zero attached hydrogens (tertiary/aromatic N) is 2. The van der Waals surface area contributed by atoms with Crippen molar-refractivity contribution in [3.8, 4) is 5.75 Å². The predicted octanol–water partition coefficient (Wildman–Crippen LogP) is 2.99. The lowest BCUT2D eigenvalue weighted by Gasteiger charge is -2.23. The predicted molar refractivity (Wildman–Crippen MR) is 82.9 cm³/mol. The molecule has 1 aromatic rings.